The fourth-order valence-corrected chi connectivity index (χ4v) is 4.78. The summed E-state index contributed by atoms with van der Waals surface area (Å²) in [5.74, 6) is -0.845. The third kappa shape index (κ3) is 7.62. The van der Waals surface area contributed by atoms with Crippen LogP contribution in [0.3, 0.4) is 0 Å². The van der Waals surface area contributed by atoms with Gasteiger partial charge in [-0.1, -0.05) is 30.3 Å². The van der Waals surface area contributed by atoms with Crippen molar-refractivity contribution in [2.75, 3.05) is 26.2 Å². The molecule has 1 aromatic rings. The van der Waals surface area contributed by atoms with Gasteiger partial charge in [-0.15, -0.1) is 0 Å². The second-order valence-corrected chi connectivity index (χ2v) is 9.19. The Morgan fingerprint density at radius 3 is 2.59 bits per heavy atom. The van der Waals surface area contributed by atoms with E-state index < -0.39 is 12.0 Å². The molecule has 0 aromatic heterocycles. The minimum Gasteiger partial charge on any atom is -0.480 e. The molecule has 3 N–H and O–H groups in total. The highest BCUT2D eigenvalue weighted by atomic mass is 16.4. The summed E-state index contributed by atoms with van der Waals surface area (Å²) in [5, 5.41) is 15.6. The number of carbonyl (C=O) groups excluding carboxylic acids is 2. The summed E-state index contributed by atoms with van der Waals surface area (Å²) >= 11 is 0. The summed E-state index contributed by atoms with van der Waals surface area (Å²) in [4.78, 5) is 39.0. The Morgan fingerprint density at radius 2 is 1.88 bits per heavy atom. The first-order valence-corrected chi connectivity index (χ1v) is 12.1. The maximum Gasteiger partial charge on any atom is 0.326 e. The number of likely N-dealkylation sites (tertiary alicyclic amines) is 1. The SMILES string of the molecule is O=C(N[C@@H](CCCc1ccccc1)C(=O)O)[C@@H]1CCCN(C(=O)CCC2CCNCC2)C1. The number of rotatable bonds is 10. The van der Waals surface area contributed by atoms with E-state index in [1.165, 1.54) is 0 Å². The zero-order valence-corrected chi connectivity index (χ0v) is 18.9. The molecule has 2 aliphatic heterocycles. The van der Waals surface area contributed by atoms with Crippen LogP contribution in [0, 0.1) is 11.8 Å². The average molecular weight is 444 g/mol. The van der Waals surface area contributed by atoms with Crippen LogP contribution in [0.5, 0.6) is 0 Å². The highest BCUT2D eigenvalue weighted by Gasteiger charge is 2.31. The molecule has 2 amide bonds. The van der Waals surface area contributed by atoms with Gasteiger partial charge in [-0.3, -0.25) is 9.59 Å². The van der Waals surface area contributed by atoms with Gasteiger partial charge in [0.05, 0.1) is 5.92 Å². The lowest BCUT2D eigenvalue weighted by Gasteiger charge is -2.33. The number of amides is 2. The Balaban J connectivity index is 1.43. The van der Waals surface area contributed by atoms with Gasteiger partial charge in [0.1, 0.15) is 6.04 Å². The third-order valence-electron chi connectivity index (χ3n) is 6.79. The summed E-state index contributed by atoms with van der Waals surface area (Å²) in [6.45, 7) is 3.14. The molecule has 176 valence electrons. The Hall–Kier alpha value is -2.41. The predicted molar refractivity (Wildman–Crippen MR) is 123 cm³/mol. The number of piperidine rings is 2. The molecular weight excluding hydrogens is 406 g/mol. The van der Waals surface area contributed by atoms with E-state index in [4.69, 9.17) is 0 Å². The second kappa shape index (κ2) is 12.6. The van der Waals surface area contributed by atoms with Crippen molar-refractivity contribution < 1.29 is 19.5 Å². The molecule has 2 atom stereocenters. The molecule has 7 nitrogen and oxygen atoms in total. The van der Waals surface area contributed by atoms with Crippen LogP contribution in [0.4, 0.5) is 0 Å². The van der Waals surface area contributed by atoms with Gasteiger partial charge in [0.15, 0.2) is 0 Å². The minimum atomic E-state index is -1.00. The number of carboxylic acids is 1. The molecular formula is C25H37N3O4. The number of hydrogen-bond donors (Lipinski definition) is 3. The van der Waals surface area contributed by atoms with Crippen LogP contribution in [-0.2, 0) is 20.8 Å². The molecule has 2 heterocycles. The number of carbonyl (C=O) groups is 3. The lowest BCUT2D eigenvalue weighted by molar-refractivity contribution is -0.144. The quantitative estimate of drug-likeness (QED) is 0.516. The molecule has 1 aromatic carbocycles. The van der Waals surface area contributed by atoms with Crippen LogP contribution in [0.25, 0.3) is 0 Å². The average Bonchev–Trinajstić information content (AvgIpc) is 2.83. The molecule has 2 fully saturated rings. The zero-order chi connectivity index (χ0) is 22.8. The molecule has 2 saturated heterocycles. The first-order valence-electron chi connectivity index (χ1n) is 12.1. The maximum atomic E-state index is 12.8. The van der Waals surface area contributed by atoms with Crippen molar-refractivity contribution >= 4 is 17.8 Å². The molecule has 0 spiro atoms. The van der Waals surface area contributed by atoms with E-state index >= 15 is 0 Å². The molecule has 0 bridgehead atoms. The molecule has 32 heavy (non-hydrogen) atoms. The fourth-order valence-electron chi connectivity index (χ4n) is 4.78. The number of carboxylic acid groups (broad SMARTS) is 1. The van der Waals surface area contributed by atoms with E-state index in [2.05, 4.69) is 10.6 Å². The first kappa shape index (κ1) is 24.2. The van der Waals surface area contributed by atoms with Crippen molar-refractivity contribution in [3.05, 3.63) is 35.9 Å². The molecule has 0 unspecified atom stereocenters. The molecule has 2 aliphatic rings. The van der Waals surface area contributed by atoms with Crippen LogP contribution in [0.15, 0.2) is 30.3 Å². The number of hydrogen-bond acceptors (Lipinski definition) is 4. The monoisotopic (exact) mass is 443 g/mol. The van der Waals surface area contributed by atoms with Gasteiger partial charge in [-0.05, 0) is 75.9 Å². The van der Waals surface area contributed by atoms with Gasteiger partial charge >= 0.3 is 5.97 Å². The number of aryl methyl sites for hydroxylation is 1. The zero-order valence-electron chi connectivity index (χ0n) is 18.9. The second-order valence-electron chi connectivity index (χ2n) is 9.19. The van der Waals surface area contributed by atoms with Gasteiger partial charge in [0.2, 0.25) is 11.8 Å². The van der Waals surface area contributed by atoms with Crippen LogP contribution < -0.4 is 10.6 Å². The molecule has 0 radical (unpaired) electrons. The summed E-state index contributed by atoms with van der Waals surface area (Å²) in [7, 11) is 0. The van der Waals surface area contributed by atoms with Gasteiger partial charge in [-0.2, -0.15) is 0 Å². The highest BCUT2D eigenvalue weighted by molar-refractivity contribution is 5.86. The van der Waals surface area contributed by atoms with Crippen LogP contribution in [0.2, 0.25) is 0 Å². The van der Waals surface area contributed by atoms with E-state index in [-0.39, 0.29) is 17.7 Å². The van der Waals surface area contributed by atoms with Gasteiger partial charge in [0.25, 0.3) is 0 Å². The van der Waals surface area contributed by atoms with E-state index in [1.54, 1.807) is 4.90 Å². The van der Waals surface area contributed by atoms with Crippen molar-refractivity contribution in [1.82, 2.24) is 15.5 Å². The molecule has 0 saturated carbocycles. The number of aliphatic carboxylic acids is 1. The van der Waals surface area contributed by atoms with Gasteiger partial charge < -0.3 is 20.6 Å². The summed E-state index contributed by atoms with van der Waals surface area (Å²) < 4.78 is 0. The summed E-state index contributed by atoms with van der Waals surface area (Å²) in [5.41, 5.74) is 1.16. The Bertz CT molecular complexity index is 749. The summed E-state index contributed by atoms with van der Waals surface area (Å²) in [6, 6.07) is 9.04. The Morgan fingerprint density at radius 1 is 1.12 bits per heavy atom. The predicted octanol–water partition coefficient (Wildman–Crippen LogP) is 2.60. The van der Waals surface area contributed by atoms with Crippen molar-refractivity contribution in [2.24, 2.45) is 11.8 Å². The largest absolute Gasteiger partial charge is 0.480 e. The highest BCUT2D eigenvalue weighted by Crippen LogP contribution is 2.22. The van der Waals surface area contributed by atoms with Crippen LogP contribution in [-0.4, -0.2) is 60.0 Å². The normalized spacial score (nSPS) is 20.5. The van der Waals surface area contributed by atoms with E-state index in [0.717, 1.165) is 50.8 Å². The number of benzene rings is 1. The van der Waals surface area contributed by atoms with E-state index in [1.807, 2.05) is 30.3 Å². The maximum absolute atomic E-state index is 12.8. The minimum absolute atomic E-state index is 0.124. The first-order chi connectivity index (χ1) is 15.5. The topological polar surface area (TPSA) is 98.7 Å². The standard InChI is InChI=1S/C25H37N3O4/c29-23(12-11-20-13-15-26-16-14-20)28-17-5-9-21(18-28)24(30)27-22(25(31)32)10-4-8-19-6-2-1-3-7-19/h1-3,6-7,20-22,26H,4-5,8-18H2,(H,27,30)(H,31,32)/t21-,22+/m1/s1. The molecule has 7 heteroatoms. The lowest BCUT2D eigenvalue weighted by Crippen LogP contribution is -2.49. The number of nitrogens with one attached hydrogen (secondary N) is 2. The lowest BCUT2D eigenvalue weighted by atomic mass is 9.92. The molecule has 3 rings (SSSR count). The van der Waals surface area contributed by atoms with Crippen LogP contribution >= 0.6 is 0 Å². The van der Waals surface area contributed by atoms with Crippen molar-refractivity contribution in [3.63, 3.8) is 0 Å². The van der Waals surface area contributed by atoms with E-state index in [9.17, 15) is 19.5 Å². The van der Waals surface area contributed by atoms with Crippen molar-refractivity contribution in [3.8, 4) is 0 Å². The van der Waals surface area contributed by atoms with Crippen molar-refractivity contribution in [1.29, 1.82) is 0 Å². The smallest absolute Gasteiger partial charge is 0.326 e. The van der Waals surface area contributed by atoms with E-state index in [0.29, 0.717) is 44.7 Å². The van der Waals surface area contributed by atoms with Gasteiger partial charge in [0, 0.05) is 19.5 Å². The number of nitrogens with zero attached hydrogens (tertiary/aromatic N) is 1. The summed E-state index contributed by atoms with van der Waals surface area (Å²) in [6.07, 6.45) is 7.03. The van der Waals surface area contributed by atoms with Crippen molar-refractivity contribution in [2.45, 2.75) is 63.8 Å². The van der Waals surface area contributed by atoms with Gasteiger partial charge in [-0.25, -0.2) is 4.79 Å². The fraction of sp³-hybridized carbons (Fsp3) is 0.640. The Labute approximate surface area is 190 Å². The Kier molecular flexibility index (Phi) is 9.53. The molecule has 0 aliphatic carbocycles. The van der Waals surface area contributed by atoms with Crippen LogP contribution in [0.1, 0.15) is 56.9 Å². The third-order valence-corrected chi connectivity index (χ3v) is 6.79.